The lowest BCUT2D eigenvalue weighted by molar-refractivity contribution is -0.144. The number of H-pyrrole nitrogens is 1. The number of aromatic amines is 1. The zero-order valence-corrected chi connectivity index (χ0v) is 13.3. The van der Waals surface area contributed by atoms with E-state index in [9.17, 15) is 22.0 Å². The molecule has 0 saturated carbocycles. The van der Waals surface area contributed by atoms with Gasteiger partial charge in [0.2, 0.25) is 0 Å². The van der Waals surface area contributed by atoms with Gasteiger partial charge in [-0.15, -0.1) is 5.10 Å². The lowest BCUT2D eigenvalue weighted by atomic mass is 10.0. The number of benzene rings is 1. The molecule has 0 radical (unpaired) electrons. The standard InChI is InChI=1S/C15H7ClF5N5/c16-9-4-6(3-7-5-22-24-11(7)9)12-8(13(17)18)1-2-10-23-14(15(19,20)21)25-26(10)12/h1-5,13H,(H,22,24). The summed E-state index contributed by atoms with van der Waals surface area (Å²) in [6, 6.07) is 4.93. The lowest BCUT2D eigenvalue weighted by Crippen LogP contribution is -2.08. The summed E-state index contributed by atoms with van der Waals surface area (Å²) in [6.45, 7) is 0. The van der Waals surface area contributed by atoms with Crippen molar-refractivity contribution in [3.05, 3.63) is 46.9 Å². The van der Waals surface area contributed by atoms with Crippen molar-refractivity contribution >= 4 is 28.2 Å². The number of alkyl halides is 5. The molecule has 26 heavy (non-hydrogen) atoms. The summed E-state index contributed by atoms with van der Waals surface area (Å²) < 4.78 is 66.5. The molecule has 134 valence electrons. The second-order valence-corrected chi connectivity index (χ2v) is 5.84. The van der Waals surface area contributed by atoms with Crippen molar-refractivity contribution in [1.29, 1.82) is 0 Å². The fraction of sp³-hybridized carbons (Fsp3) is 0.133. The van der Waals surface area contributed by atoms with E-state index in [1.54, 1.807) is 0 Å². The Kier molecular flexibility index (Phi) is 3.62. The summed E-state index contributed by atoms with van der Waals surface area (Å²) in [7, 11) is 0. The average molecular weight is 388 g/mol. The third-order valence-electron chi connectivity index (χ3n) is 3.79. The van der Waals surface area contributed by atoms with Crippen LogP contribution in [-0.4, -0.2) is 24.8 Å². The molecule has 1 N–H and O–H groups in total. The predicted molar refractivity (Wildman–Crippen MR) is 83.0 cm³/mol. The molecular formula is C15H7ClF5N5. The van der Waals surface area contributed by atoms with Crippen molar-refractivity contribution in [3.8, 4) is 11.3 Å². The van der Waals surface area contributed by atoms with Crippen LogP contribution in [0.15, 0.2) is 30.5 Å². The average Bonchev–Trinajstić information content (AvgIpc) is 3.19. The maximum atomic E-state index is 13.5. The first-order chi connectivity index (χ1) is 12.3. The quantitative estimate of drug-likeness (QED) is 0.499. The lowest BCUT2D eigenvalue weighted by Gasteiger charge is -2.11. The number of nitrogens with one attached hydrogen (secondary N) is 1. The van der Waals surface area contributed by atoms with E-state index in [2.05, 4.69) is 20.3 Å². The van der Waals surface area contributed by atoms with Gasteiger partial charge in [-0.05, 0) is 24.3 Å². The fourth-order valence-corrected chi connectivity index (χ4v) is 2.97. The normalized spacial score (nSPS) is 12.6. The maximum Gasteiger partial charge on any atom is 0.453 e. The highest BCUT2D eigenvalue weighted by molar-refractivity contribution is 6.35. The monoisotopic (exact) mass is 387 g/mol. The van der Waals surface area contributed by atoms with E-state index in [0.29, 0.717) is 10.9 Å². The highest BCUT2D eigenvalue weighted by Crippen LogP contribution is 2.36. The summed E-state index contributed by atoms with van der Waals surface area (Å²) in [5.41, 5.74) is -0.264. The first-order valence-electron chi connectivity index (χ1n) is 7.13. The van der Waals surface area contributed by atoms with Gasteiger partial charge in [0.25, 0.3) is 12.2 Å². The molecule has 0 amide bonds. The van der Waals surface area contributed by atoms with Gasteiger partial charge in [-0.3, -0.25) is 5.10 Å². The molecule has 0 aliphatic rings. The first-order valence-corrected chi connectivity index (χ1v) is 7.51. The molecule has 3 aromatic heterocycles. The smallest absolute Gasteiger partial charge is 0.276 e. The van der Waals surface area contributed by atoms with Gasteiger partial charge < -0.3 is 0 Å². The Balaban J connectivity index is 2.07. The van der Waals surface area contributed by atoms with Crippen molar-refractivity contribution in [2.24, 2.45) is 0 Å². The number of aromatic nitrogens is 5. The van der Waals surface area contributed by atoms with Crippen LogP contribution in [0.5, 0.6) is 0 Å². The zero-order valence-electron chi connectivity index (χ0n) is 12.5. The molecule has 5 nitrogen and oxygen atoms in total. The van der Waals surface area contributed by atoms with Crippen LogP contribution in [0.3, 0.4) is 0 Å². The van der Waals surface area contributed by atoms with Crippen LogP contribution >= 0.6 is 11.6 Å². The number of rotatable bonds is 2. The second-order valence-electron chi connectivity index (χ2n) is 5.43. The van der Waals surface area contributed by atoms with E-state index in [1.807, 2.05) is 0 Å². The van der Waals surface area contributed by atoms with Crippen LogP contribution in [0, 0.1) is 0 Å². The molecule has 0 aliphatic carbocycles. The molecular weight excluding hydrogens is 381 g/mol. The Labute approximate surface area is 146 Å². The van der Waals surface area contributed by atoms with Gasteiger partial charge in [0.05, 0.1) is 22.4 Å². The zero-order chi connectivity index (χ0) is 18.6. The van der Waals surface area contributed by atoms with Gasteiger partial charge in [-0.1, -0.05) is 11.6 Å². The number of pyridine rings is 1. The second kappa shape index (κ2) is 5.63. The van der Waals surface area contributed by atoms with Crippen LogP contribution in [0.2, 0.25) is 5.02 Å². The van der Waals surface area contributed by atoms with E-state index in [4.69, 9.17) is 11.6 Å². The molecule has 11 heteroatoms. The first kappa shape index (κ1) is 16.7. The van der Waals surface area contributed by atoms with Crippen molar-refractivity contribution in [2.75, 3.05) is 0 Å². The Bertz CT molecular complexity index is 1130. The third kappa shape index (κ3) is 2.57. The van der Waals surface area contributed by atoms with Gasteiger partial charge in [-0.25, -0.2) is 18.3 Å². The van der Waals surface area contributed by atoms with Crippen LogP contribution in [0.1, 0.15) is 17.8 Å². The Morgan fingerprint density at radius 3 is 2.62 bits per heavy atom. The molecule has 3 heterocycles. The number of hydrogen-bond donors (Lipinski definition) is 1. The van der Waals surface area contributed by atoms with Crippen LogP contribution < -0.4 is 0 Å². The van der Waals surface area contributed by atoms with Gasteiger partial charge in [0.15, 0.2) is 5.65 Å². The van der Waals surface area contributed by atoms with E-state index >= 15 is 0 Å². The molecule has 0 unspecified atom stereocenters. The van der Waals surface area contributed by atoms with E-state index in [-0.39, 0.29) is 21.9 Å². The summed E-state index contributed by atoms with van der Waals surface area (Å²) in [4.78, 5) is 3.38. The molecule has 0 aliphatic heterocycles. The molecule has 0 atom stereocenters. The molecule has 4 rings (SSSR count). The highest BCUT2D eigenvalue weighted by Gasteiger charge is 2.37. The van der Waals surface area contributed by atoms with E-state index in [1.165, 1.54) is 18.3 Å². The van der Waals surface area contributed by atoms with Gasteiger partial charge >= 0.3 is 6.18 Å². The molecule has 0 fully saturated rings. The van der Waals surface area contributed by atoms with Crippen LogP contribution in [0.25, 0.3) is 27.8 Å². The maximum absolute atomic E-state index is 13.5. The SMILES string of the molecule is FC(F)c1ccc2nc(C(F)(F)F)nn2c1-c1cc(Cl)c2[nH]ncc2c1. The van der Waals surface area contributed by atoms with Crippen molar-refractivity contribution in [1.82, 2.24) is 24.8 Å². The number of halogens is 6. The highest BCUT2D eigenvalue weighted by atomic mass is 35.5. The van der Waals surface area contributed by atoms with Crippen LogP contribution in [0.4, 0.5) is 22.0 Å². The van der Waals surface area contributed by atoms with E-state index < -0.39 is 24.0 Å². The Morgan fingerprint density at radius 1 is 1.15 bits per heavy atom. The minimum atomic E-state index is -4.81. The molecule has 0 saturated heterocycles. The Hall–Kier alpha value is -2.75. The summed E-state index contributed by atoms with van der Waals surface area (Å²) in [5, 5.41) is 10.5. The topological polar surface area (TPSA) is 58.9 Å². The Morgan fingerprint density at radius 2 is 1.92 bits per heavy atom. The number of fused-ring (bicyclic) bond motifs is 2. The van der Waals surface area contributed by atoms with Crippen molar-refractivity contribution in [2.45, 2.75) is 12.6 Å². The van der Waals surface area contributed by atoms with Gasteiger partial charge in [0.1, 0.15) is 0 Å². The largest absolute Gasteiger partial charge is 0.453 e. The number of hydrogen-bond acceptors (Lipinski definition) is 3. The molecule has 0 spiro atoms. The number of nitrogens with zero attached hydrogens (tertiary/aromatic N) is 4. The van der Waals surface area contributed by atoms with Gasteiger partial charge in [0, 0.05) is 16.5 Å². The minimum Gasteiger partial charge on any atom is -0.276 e. The fourth-order valence-electron chi connectivity index (χ4n) is 2.70. The van der Waals surface area contributed by atoms with E-state index in [0.717, 1.165) is 16.6 Å². The van der Waals surface area contributed by atoms with Gasteiger partial charge in [-0.2, -0.15) is 18.3 Å². The summed E-state index contributed by atoms with van der Waals surface area (Å²) in [5.74, 6) is -1.42. The van der Waals surface area contributed by atoms with Crippen molar-refractivity contribution < 1.29 is 22.0 Å². The third-order valence-corrected chi connectivity index (χ3v) is 4.09. The summed E-state index contributed by atoms with van der Waals surface area (Å²) >= 11 is 6.13. The predicted octanol–water partition coefficient (Wildman–Crippen LogP) is 4.88. The van der Waals surface area contributed by atoms with Crippen molar-refractivity contribution in [3.63, 3.8) is 0 Å². The molecule has 4 aromatic rings. The molecule has 0 bridgehead atoms. The summed E-state index contributed by atoms with van der Waals surface area (Å²) in [6.07, 6.45) is -6.32. The molecule has 1 aromatic carbocycles. The minimum absolute atomic E-state index is 0.170. The van der Waals surface area contributed by atoms with Crippen LogP contribution in [-0.2, 0) is 6.18 Å².